The molecule has 0 fully saturated rings. The summed E-state index contributed by atoms with van der Waals surface area (Å²) in [6.45, 7) is 2.07. The molecule has 0 aromatic heterocycles. The number of nitrogens with one attached hydrogen (secondary N) is 1. The molecule has 1 aromatic carbocycles. The number of unbranched alkanes of at least 4 members (excludes halogenated alkanes) is 2. The van der Waals surface area contributed by atoms with Crippen LogP contribution in [0.1, 0.15) is 35.2 Å². The Bertz CT molecular complexity index is 583. The third-order valence-electron chi connectivity index (χ3n) is 3.03. The van der Waals surface area contributed by atoms with Crippen LogP contribution in [0, 0.1) is 6.92 Å². The fraction of sp³-hybridized carbons (Fsp3) is 0.500. The van der Waals surface area contributed by atoms with Crippen molar-refractivity contribution in [2.45, 2.75) is 31.1 Å². The summed E-state index contributed by atoms with van der Waals surface area (Å²) in [4.78, 5) is 11.6. The maximum atomic E-state index is 12.2. The highest BCUT2D eigenvalue weighted by Gasteiger charge is 2.18. The number of carbonyl (C=O) groups is 1. The highest BCUT2D eigenvalue weighted by Crippen LogP contribution is 2.17. The third kappa shape index (κ3) is 5.11. The maximum absolute atomic E-state index is 12.2. The molecule has 7 heteroatoms. The summed E-state index contributed by atoms with van der Waals surface area (Å²) in [5, 5.41) is 8.66. The smallest absolute Gasteiger partial charge is 0.337 e. The van der Waals surface area contributed by atoms with Crippen LogP contribution in [0.2, 0.25) is 0 Å². The van der Waals surface area contributed by atoms with Crippen molar-refractivity contribution in [3.8, 4) is 0 Å². The number of aliphatic hydroxyl groups is 1. The average molecular weight is 315 g/mol. The molecule has 0 saturated carbocycles. The van der Waals surface area contributed by atoms with E-state index in [0.29, 0.717) is 24.9 Å². The predicted molar refractivity (Wildman–Crippen MR) is 78.6 cm³/mol. The van der Waals surface area contributed by atoms with E-state index in [1.165, 1.54) is 19.2 Å². The van der Waals surface area contributed by atoms with Gasteiger partial charge in [-0.1, -0.05) is 6.07 Å². The van der Waals surface area contributed by atoms with E-state index in [1.54, 1.807) is 13.0 Å². The van der Waals surface area contributed by atoms with Gasteiger partial charge in [0.25, 0.3) is 0 Å². The van der Waals surface area contributed by atoms with Crippen LogP contribution in [0.3, 0.4) is 0 Å². The summed E-state index contributed by atoms with van der Waals surface area (Å²) in [5.41, 5.74) is 0.759. The number of aliphatic hydroxyl groups excluding tert-OH is 1. The van der Waals surface area contributed by atoms with E-state index in [1.807, 2.05) is 0 Å². The van der Waals surface area contributed by atoms with Crippen molar-refractivity contribution in [3.63, 3.8) is 0 Å². The first-order valence-corrected chi connectivity index (χ1v) is 8.20. The summed E-state index contributed by atoms with van der Waals surface area (Å²) < 4.78 is 31.6. The molecule has 21 heavy (non-hydrogen) atoms. The van der Waals surface area contributed by atoms with Crippen LogP contribution in [-0.2, 0) is 14.8 Å². The lowest BCUT2D eigenvalue weighted by Crippen LogP contribution is -2.26. The standard InChI is InChI=1S/C14H21NO5S/c1-11-6-7-12(14(17)20-2)10-13(11)21(18,19)15-8-4-3-5-9-16/h6-7,10,15-16H,3-5,8-9H2,1-2H3. The number of rotatable bonds is 8. The van der Waals surface area contributed by atoms with E-state index < -0.39 is 16.0 Å². The Labute approximate surface area is 125 Å². The van der Waals surface area contributed by atoms with E-state index in [4.69, 9.17) is 5.11 Å². The van der Waals surface area contributed by atoms with Crippen LogP contribution in [0.15, 0.2) is 23.1 Å². The van der Waals surface area contributed by atoms with Crippen LogP contribution in [0.25, 0.3) is 0 Å². The number of carbonyl (C=O) groups excluding carboxylic acids is 1. The topological polar surface area (TPSA) is 92.7 Å². The molecule has 0 bridgehead atoms. The third-order valence-corrected chi connectivity index (χ3v) is 4.63. The number of esters is 1. The van der Waals surface area contributed by atoms with Gasteiger partial charge < -0.3 is 9.84 Å². The van der Waals surface area contributed by atoms with Crippen molar-refractivity contribution < 1.29 is 23.1 Å². The molecule has 0 atom stereocenters. The van der Waals surface area contributed by atoms with Crippen LogP contribution in [0.5, 0.6) is 0 Å². The quantitative estimate of drug-likeness (QED) is 0.556. The Hall–Kier alpha value is -1.44. The molecule has 6 nitrogen and oxygen atoms in total. The fourth-order valence-electron chi connectivity index (χ4n) is 1.83. The second kappa shape index (κ2) is 8.11. The Morgan fingerprint density at radius 3 is 2.62 bits per heavy atom. The average Bonchev–Trinajstić information content (AvgIpc) is 2.46. The first-order chi connectivity index (χ1) is 9.92. The molecule has 0 radical (unpaired) electrons. The molecule has 0 unspecified atom stereocenters. The molecule has 118 valence electrons. The van der Waals surface area contributed by atoms with E-state index >= 15 is 0 Å². The number of benzene rings is 1. The molecular formula is C14H21NO5S. The number of hydrogen-bond acceptors (Lipinski definition) is 5. The Morgan fingerprint density at radius 2 is 2.00 bits per heavy atom. The molecule has 1 rings (SSSR count). The lowest BCUT2D eigenvalue weighted by molar-refractivity contribution is 0.0600. The molecule has 0 spiro atoms. The Kier molecular flexibility index (Phi) is 6.80. The normalized spacial score (nSPS) is 11.4. The van der Waals surface area contributed by atoms with Gasteiger partial charge in [0.2, 0.25) is 10.0 Å². The summed E-state index contributed by atoms with van der Waals surface area (Å²) in [6.07, 6.45) is 2.05. The van der Waals surface area contributed by atoms with Gasteiger partial charge in [-0.05, 0) is 43.9 Å². The van der Waals surface area contributed by atoms with E-state index in [2.05, 4.69) is 9.46 Å². The second-order valence-corrected chi connectivity index (χ2v) is 6.39. The van der Waals surface area contributed by atoms with Gasteiger partial charge in [-0.3, -0.25) is 0 Å². The van der Waals surface area contributed by atoms with Gasteiger partial charge >= 0.3 is 5.97 Å². The van der Waals surface area contributed by atoms with Crippen LogP contribution < -0.4 is 4.72 Å². The number of aryl methyl sites for hydroxylation is 1. The lowest BCUT2D eigenvalue weighted by atomic mass is 10.1. The van der Waals surface area contributed by atoms with E-state index in [9.17, 15) is 13.2 Å². The number of methoxy groups -OCH3 is 1. The van der Waals surface area contributed by atoms with Gasteiger partial charge in [0.05, 0.1) is 17.6 Å². The Morgan fingerprint density at radius 1 is 1.29 bits per heavy atom. The summed E-state index contributed by atoms with van der Waals surface area (Å²) in [7, 11) is -2.42. The molecule has 0 heterocycles. The minimum atomic E-state index is -3.66. The maximum Gasteiger partial charge on any atom is 0.337 e. The minimum absolute atomic E-state index is 0.0764. The fourth-order valence-corrected chi connectivity index (χ4v) is 3.17. The zero-order chi connectivity index (χ0) is 15.9. The molecular weight excluding hydrogens is 294 g/mol. The van der Waals surface area contributed by atoms with Gasteiger partial charge in [0.15, 0.2) is 0 Å². The summed E-state index contributed by atoms with van der Waals surface area (Å²) in [5.74, 6) is -0.575. The molecule has 0 aliphatic heterocycles. The highest BCUT2D eigenvalue weighted by molar-refractivity contribution is 7.89. The Balaban J connectivity index is 2.84. The molecule has 2 N–H and O–H groups in total. The second-order valence-electron chi connectivity index (χ2n) is 4.65. The SMILES string of the molecule is COC(=O)c1ccc(C)c(S(=O)(=O)NCCCCCO)c1. The molecule has 0 aliphatic carbocycles. The zero-order valence-electron chi connectivity index (χ0n) is 12.3. The van der Waals surface area contributed by atoms with Gasteiger partial charge in [-0.15, -0.1) is 0 Å². The molecule has 0 amide bonds. The van der Waals surface area contributed by atoms with Crippen LogP contribution >= 0.6 is 0 Å². The van der Waals surface area contributed by atoms with Crippen LogP contribution in [0.4, 0.5) is 0 Å². The predicted octanol–water partition coefficient (Wildman–Crippen LogP) is 1.22. The zero-order valence-corrected chi connectivity index (χ0v) is 13.1. The van der Waals surface area contributed by atoms with Gasteiger partial charge in [-0.25, -0.2) is 17.9 Å². The number of hydrogen-bond donors (Lipinski definition) is 2. The van der Waals surface area contributed by atoms with Crippen molar-refractivity contribution in [2.24, 2.45) is 0 Å². The van der Waals surface area contributed by atoms with E-state index in [-0.39, 0.29) is 17.1 Å². The lowest BCUT2D eigenvalue weighted by Gasteiger charge is -2.10. The largest absolute Gasteiger partial charge is 0.465 e. The minimum Gasteiger partial charge on any atom is -0.465 e. The van der Waals surface area contributed by atoms with Crippen molar-refractivity contribution in [2.75, 3.05) is 20.3 Å². The highest BCUT2D eigenvalue weighted by atomic mass is 32.2. The van der Waals surface area contributed by atoms with E-state index in [0.717, 1.165) is 6.42 Å². The van der Waals surface area contributed by atoms with Crippen molar-refractivity contribution >= 4 is 16.0 Å². The summed E-state index contributed by atoms with van der Waals surface area (Å²) in [6, 6.07) is 4.42. The van der Waals surface area contributed by atoms with Crippen molar-refractivity contribution in [1.29, 1.82) is 0 Å². The molecule has 0 aliphatic rings. The van der Waals surface area contributed by atoms with Gasteiger partial charge in [-0.2, -0.15) is 0 Å². The van der Waals surface area contributed by atoms with Crippen molar-refractivity contribution in [3.05, 3.63) is 29.3 Å². The molecule has 1 aromatic rings. The number of ether oxygens (including phenoxy) is 1. The van der Waals surface area contributed by atoms with Crippen LogP contribution in [-0.4, -0.2) is 39.8 Å². The van der Waals surface area contributed by atoms with Crippen molar-refractivity contribution in [1.82, 2.24) is 4.72 Å². The first-order valence-electron chi connectivity index (χ1n) is 6.72. The number of sulfonamides is 1. The molecule has 0 saturated heterocycles. The monoisotopic (exact) mass is 315 g/mol. The van der Waals surface area contributed by atoms with Gasteiger partial charge in [0.1, 0.15) is 0 Å². The first kappa shape index (κ1) is 17.6. The van der Waals surface area contributed by atoms with Gasteiger partial charge in [0, 0.05) is 13.2 Å². The summed E-state index contributed by atoms with van der Waals surface area (Å²) >= 11 is 0.